The van der Waals surface area contributed by atoms with E-state index in [0.717, 1.165) is 42.7 Å². The highest BCUT2D eigenvalue weighted by Crippen LogP contribution is 2.38. The van der Waals surface area contributed by atoms with E-state index in [2.05, 4.69) is 36.4 Å². The third-order valence-electron chi connectivity index (χ3n) is 5.76. The van der Waals surface area contributed by atoms with Crippen molar-refractivity contribution in [2.75, 3.05) is 34.5 Å². The SMILES string of the molecule is COc1cc(CCc2ccc(CCc3ccc4c(c3)OCCO4)cc2)cc(OC)c1OC. The van der Waals surface area contributed by atoms with Crippen LogP contribution in [0.3, 0.4) is 0 Å². The second-order valence-electron chi connectivity index (χ2n) is 7.83. The van der Waals surface area contributed by atoms with Crippen LogP contribution in [0, 0.1) is 0 Å². The molecule has 32 heavy (non-hydrogen) atoms. The van der Waals surface area contributed by atoms with E-state index in [0.29, 0.717) is 30.5 Å². The van der Waals surface area contributed by atoms with E-state index in [-0.39, 0.29) is 0 Å². The Balaban J connectivity index is 1.34. The minimum absolute atomic E-state index is 0.619. The normalized spacial score (nSPS) is 12.3. The van der Waals surface area contributed by atoms with Gasteiger partial charge in [0.1, 0.15) is 13.2 Å². The molecule has 0 spiro atoms. The van der Waals surface area contributed by atoms with Crippen LogP contribution in [0.4, 0.5) is 0 Å². The van der Waals surface area contributed by atoms with Gasteiger partial charge in [0.05, 0.1) is 21.3 Å². The molecule has 3 aromatic rings. The summed E-state index contributed by atoms with van der Waals surface area (Å²) in [4.78, 5) is 0. The van der Waals surface area contributed by atoms with Gasteiger partial charge in [0.2, 0.25) is 5.75 Å². The summed E-state index contributed by atoms with van der Waals surface area (Å²) in [5, 5.41) is 0. The van der Waals surface area contributed by atoms with Crippen LogP contribution in [-0.4, -0.2) is 34.5 Å². The molecule has 0 saturated heterocycles. The van der Waals surface area contributed by atoms with E-state index in [4.69, 9.17) is 23.7 Å². The lowest BCUT2D eigenvalue weighted by Crippen LogP contribution is -2.15. The molecule has 0 aliphatic carbocycles. The zero-order valence-electron chi connectivity index (χ0n) is 19.0. The van der Waals surface area contributed by atoms with Crippen LogP contribution >= 0.6 is 0 Å². The number of hydrogen-bond acceptors (Lipinski definition) is 5. The maximum Gasteiger partial charge on any atom is 0.203 e. The van der Waals surface area contributed by atoms with E-state index in [1.807, 2.05) is 18.2 Å². The summed E-state index contributed by atoms with van der Waals surface area (Å²) in [6.45, 7) is 1.24. The lowest BCUT2D eigenvalue weighted by Gasteiger charge is -2.18. The quantitative estimate of drug-likeness (QED) is 0.471. The predicted molar refractivity (Wildman–Crippen MR) is 125 cm³/mol. The summed E-state index contributed by atoms with van der Waals surface area (Å²) in [5.41, 5.74) is 5.06. The molecule has 168 valence electrons. The average molecular weight is 435 g/mol. The minimum atomic E-state index is 0.619. The molecule has 0 aromatic heterocycles. The monoisotopic (exact) mass is 434 g/mol. The molecule has 4 rings (SSSR count). The first-order valence-corrected chi connectivity index (χ1v) is 11.0. The van der Waals surface area contributed by atoms with Gasteiger partial charge in [-0.1, -0.05) is 30.3 Å². The van der Waals surface area contributed by atoms with Crippen molar-refractivity contribution in [3.63, 3.8) is 0 Å². The maximum atomic E-state index is 5.69. The second-order valence-corrected chi connectivity index (χ2v) is 7.83. The number of hydrogen-bond donors (Lipinski definition) is 0. The molecule has 0 radical (unpaired) electrons. The van der Waals surface area contributed by atoms with Crippen molar-refractivity contribution in [2.45, 2.75) is 25.7 Å². The summed E-state index contributed by atoms with van der Waals surface area (Å²) in [5.74, 6) is 3.71. The van der Waals surface area contributed by atoms with Crippen molar-refractivity contribution in [1.29, 1.82) is 0 Å². The van der Waals surface area contributed by atoms with Crippen LogP contribution in [0.15, 0.2) is 54.6 Å². The molecule has 5 heteroatoms. The topological polar surface area (TPSA) is 46.2 Å². The van der Waals surface area contributed by atoms with Gasteiger partial charge in [-0.25, -0.2) is 0 Å². The van der Waals surface area contributed by atoms with Crippen LogP contribution in [0.5, 0.6) is 28.7 Å². The molecule has 5 nitrogen and oxygen atoms in total. The number of aryl methyl sites for hydroxylation is 4. The Morgan fingerprint density at radius 2 is 1.06 bits per heavy atom. The van der Waals surface area contributed by atoms with E-state index >= 15 is 0 Å². The highest BCUT2D eigenvalue weighted by atomic mass is 16.6. The van der Waals surface area contributed by atoms with E-state index in [1.54, 1.807) is 21.3 Å². The Morgan fingerprint density at radius 3 is 1.62 bits per heavy atom. The smallest absolute Gasteiger partial charge is 0.203 e. The lowest BCUT2D eigenvalue weighted by atomic mass is 10.00. The number of ether oxygens (including phenoxy) is 5. The number of rotatable bonds is 9. The Kier molecular flexibility index (Phi) is 7.05. The standard InChI is InChI=1S/C27H30O5/c1-28-25-17-22(18-26(29-2)27(25)30-3)11-9-20-6-4-19(5-7-20)8-10-21-12-13-23-24(16-21)32-15-14-31-23/h4-7,12-13,16-18H,8-11,14-15H2,1-3H3. The first-order valence-electron chi connectivity index (χ1n) is 11.0. The summed E-state index contributed by atoms with van der Waals surface area (Å²) in [6, 6.07) is 19.2. The van der Waals surface area contributed by atoms with E-state index in [1.165, 1.54) is 16.7 Å². The largest absolute Gasteiger partial charge is 0.493 e. The Hall–Kier alpha value is -3.34. The van der Waals surface area contributed by atoms with Gasteiger partial charge in [0.15, 0.2) is 23.0 Å². The van der Waals surface area contributed by atoms with Crippen LogP contribution in [-0.2, 0) is 25.7 Å². The number of methoxy groups -OCH3 is 3. The Bertz CT molecular complexity index is 1020. The molecular weight excluding hydrogens is 404 g/mol. The van der Waals surface area contributed by atoms with Gasteiger partial charge in [-0.2, -0.15) is 0 Å². The van der Waals surface area contributed by atoms with Gasteiger partial charge in [0.25, 0.3) is 0 Å². The molecule has 0 saturated carbocycles. The van der Waals surface area contributed by atoms with Crippen molar-refractivity contribution >= 4 is 0 Å². The van der Waals surface area contributed by atoms with Gasteiger partial charge >= 0.3 is 0 Å². The highest BCUT2D eigenvalue weighted by Gasteiger charge is 2.13. The molecule has 0 amide bonds. The zero-order chi connectivity index (χ0) is 22.3. The molecule has 1 aliphatic heterocycles. The first kappa shape index (κ1) is 21.9. The maximum absolute atomic E-state index is 5.69. The molecular formula is C27H30O5. The van der Waals surface area contributed by atoms with Crippen molar-refractivity contribution in [3.05, 3.63) is 76.9 Å². The van der Waals surface area contributed by atoms with Gasteiger partial charge < -0.3 is 23.7 Å². The van der Waals surface area contributed by atoms with Crippen molar-refractivity contribution in [1.82, 2.24) is 0 Å². The van der Waals surface area contributed by atoms with Gasteiger partial charge in [-0.3, -0.25) is 0 Å². The second kappa shape index (κ2) is 10.3. The van der Waals surface area contributed by atoms with E-state index < -0.39 is 0 Å². The van der Waals surface area contributed by atoms with Crippen LogP contribution in [0.2, 0.25) is 0 Å². The Morgan fingerprint density at radius 1 is 0.562 bits per heavy atom. The molecule has 1 aliphatic rings. The number of benzene rings is 3. The van der Waals surface area contributed by atoms with Crippen molar-refractivity contribution in [3.8, 4) is 28.7 Å². The number of fused-ring (bicyclic) bond motifs is 1. The fourth-order valence-corrected chi connectivity index (χ4v) is 3.97. The third-order valence-corrected chi connectivity index (χ3v) is 5.76. The van der Waals surface area contributed by atoms with Crippen LogP contribution in [0.25, 0.3) is 0 Å². The molecule has 0 bridgehead atoms. The first-order chi connectivity index (χ1) is 15.7. The predicted octanol–water partition coefficient (Wildman–Crippen LogP) is 5.05. The summed E-state index contributed by atoms with van der Waals surface area (Å²) < 4.78 is 27.6. The van der Waals surface area contributed by atoms with E-state index in [9.17, 15) is 0 Å². The molecule has 0 fully saturated rings. The third kappa shape index (κ3) is 5.10. The molecule has 0 atom stereocenters. The van der Waals surface area contributed by atoms with Crippen molar-refractivity contribution in [2.24, 2.45) is 0 Å². The highest BCUT2D eigenvalue weighted by molar-refractivity contribution is 5.54. The van der Waals surface area contributed by atoms with Gasteiger partial charge in [0, 0.05) is 0 Å². The fraction of sp³-hybridized carbons (Fsp3) is 0.333. The zero-order valence-corrected chi connectivity index (χ0v) is 19.0. The minimum Gasteiger partial charge on any atom is -0.493 e. The van der Waals surface area contributed by atoms with Gasteiger partial charge in [-0.05, 0) is 72.2 Å². The molecule has 3 aromatic carbocycles. The lowest BCUT2D eigenvalue weighted by molar-refractivity contribution is 0.171. The van der Waals surface area contributed by atoms with Crippen LogP contribution < -0.4 is 23.7 Å². The fourth-order valence-electron chi connectivity index (χ4n) is 3.97. The van der Waals surface area contributed by atoms with Crippen molar-refractivity contribution < 1.29 is 23.7 Å². The molecule has 0 N–H and O–H groups in total. The molecule has 0 unspecified atom stereocenters. The summed E-state index contributed by atoms with van der Waals surface area (Å²) in [7, 11) is 4.91. The Labute approximate surface area is 189 Å². The molecule has 1 heterocycles. The average Bonchev–Trinajstić information content (AvgIpc) is 2.85. The van der Waals surface area contributed by atoms with Gasteiger partial charge in [-0.15, -0.1) is 0 Å². The summed E-state index contributed by atoms with van der Waals surface area (Å²) in [6.07, 6.45) is 3.81. The van der Waals surface area contributed by atoms with Crippen LogP contribution in [0.1, 0.15) is 22.3 Å². The summed E-state index contributed by atoms with van der Waals surface area (Å²) >= 11 is 0.